The lowest BCUT2D eigenvalue weighted by atomic mass is 10.2. The molecule has 0 atom stereocenters. The van der Waals surface area contributed by atoms with Crippen LogP contribution in [0.25, 0.3) is 11.4 Å². The summed E-state index contributed by atoms with van der Waals surface area (Å²) in [4.78, 5) is 3.22. The van der Waals surface area contributed by atoms with Crippen LogP contribution in [-0.2, 0) is 13.2 Å². The zero-order valence-electron chi connectivity index (χ0n) is 9.09. The number of alkyl halides is 3. The van der Waals surface area contributed by atoms with Gasteiger partial charge in [-0.1, -0.05) is 0 Å². The van der Waals surface area contributed by atoms with Crippen LogP contribution in [0.5, 0.6) is 0 Å². The molecule has 0 radical (unpaired) electrons. The van der Waals surface area contributed by atoms with Crippen LogP contribution in [0.2, 0.25) is 0 Å². The molecule has 0 spiro atoms. The molecular weight excluding hydrogens is 255 g/mol. The van der Waals surface area contributed by atoms with E-state index in [1.165, 1.54) is 12.1 Å². The summed E-state index contributed by atoms with van der Waals surface area (Å²) < 4.78 is 64.1. The highest BCUT2D eigenvalue weighted by atomic mass is 19.4. The maximum atomic E-state index is 13.4. The fraction of sp³-hybridized carbons (Fsp3) is 0.182. The third-order valence-electron chi connectivity index (χ3n) is 2.40. The summed E-state index contributed by atoms with van der Waals surface area (Å²) in [5, 5.41) is 0. The van der Waals surface area contributed by atoms with Gasteiger partial charge in [-0.15, -0.1) is 0 Å². The first-order chi connectivity index (χ1) is 8.30. The van der Waals surface area contributed by atoms with Crippen molar-refractivity contribution in [2.24, 2.45) is 7.05 Å². The quantitative estimate of drug-likeness (QED) is 0.720. The largest absolute Gasteiger partial charge is 0.437 e. The van der Waals surface area contributed by atoms with Gasteiger partial charge in [0.2, 0.25) is 5.95 Å². The summed E-state index contributed by atoms with van der Waals surface area (Å²) in [6.07, 6.45) is -4.86. The van der Waals surface area contributed by atoms with Crippen LogP contribution in [0, 0.1) is 11.8 Å². The molecule has 0 unspecified atom stereocenters. The molecular formula is C11H7F5N2. The Morgan fingerprint density at radius 1 is 1.06 bits per heavy atom. The average Bonchev–Trinajstić information content (AvgIpc) is 2.57. The van der Waals surface area contributed by atoms with E-state index in [0.29, 0.717) is 4.57 Å². The Morgan fingerprint density at radius 3 is 2.06 bits per heavy atom. The molecule has 0 aliphatic rings. The minimum Gasteiger partial charge on any atom is -0.304 e. The first-order valence-corrected chi connectivity index (χ1v) is 4.86. The van der Waals surface area contributed by atoms with Crippen LogP contribution >= 0.6 is 0 Å². The van der Waals surface area contributed by atoms with Crippen LogP contribution in [0.4, 0.5) is 22.0 Å². The summed E-state index contributed by atoms with van der Waals surface area (Å²) in [6.45, 7) is 0. The Morgan fingerprint density at radius 2 is 1.61 bits per heavy atom. The van der Waals surface area contributed by atoms with Crippen molar-refractivity contribution in [3.8, 4) is 11.4 Å². The molecule has 0 bridgehead atoms. The van der Waals surface area contributed by atoms with Crippen LogP contribution in [0.1, 0.15) is 5.69 Å². The second-order valence-corrected chi connectivity index (χ2v) is 3.64. The third-order valence-corrected chi connectivity index (χ3v) is 2.40. The molecule has 2 rings (SSSR count). The van der Waals surface area contributed by atoms with Gasteiger partial charge in [-0.05, 0) is 24.3 Å². The zero-order chi connectivity index (χ0) is 13.5. The van der Waals surface area contributed by atoms with E-state index in [1.807, 2.05) is 0 Å². The molecule has 96 valence electrons. The summed E-state index contributed by atoms with van der Waals surface area (Å²) >= 11 is 0. The molecule has 1 heterocycles. The Hall–Kier alpha value is -1.92. The van der Waals surface area contributed by atoms with Crippen molar-refractivity contribution in [2.45, 2.75) is 6.18 Å². The molecule has 0 saturated carbocycles. The molecule has 0 amide bonds. The maximum absolute atomic E-state index is 13.4. The first-order valence-electron chi connectivity index (χ1n) is 4.86. The Kier molecular flexibility index (Phi) is 2.84. The third kappa shape index (κ3) is 2.07. The van der Waals surface area contributed by atoms with Crippen molar-refractivity contribution in [3.63, 3.8) is 0 Å². The van der Waals surface area contributed by atoms with E-state index in [9.17, 15) is 22.0 Å². The first kappa shape index (κ1) is 12.5. The summed E-state index contributed by atoms with van der Waals surface area (Å²) in [5.74, 6) is -2.22. The Bertz CT molecular complexity index is 568. The van der Waals surface area contributed by atoms with Gasteiger partial charge in [0.25, 0.3) is 0 Å². The van der Waals surface area contributed by atoms with Gasteiger partial charge in [-0.25, -0.2) is 9.37 Å². The van der Waals surface area contributed by atoms with Crippen molar-refractivity contribution in [1.82, 2.24) is 9.55 Å². The fourth-order valence-corrected chi connectivity index (χ4v) is 1.52. The number of imidazole rings is 1. The van der Waals surface area contributed by atoms with Gasteiger partial charge >= 0.3 is 6.18 Å². The SMILES string of the molecule is Cn1c(-c2ccc(F)cc2)nc(C(F)(F)F)c1F. The number of hydrogen-bond acceptors (Lipinski definition) is 1. The van der Waals surface area contributed by atoms with Gasteiger partial charge in [0.05, 0.1) is 0 Å². The van der Waals surface area contributed by atoms with E-state index in [1.54, 1.807) is 0 Å². The Labute approximate surface area is 98.7 Å². The van der Waals surface area contributed by atoms with Crippen LogP contribution in [0.3, 0.4) is 0 Å². The van der Waals surface area contributed by atoms with Crippen LogP contribution in [0.15, 0.2) is 24.3 Å². The van der Waals surface area contributed by atoms with E-state index in [0.717, 1.165) is 19.2 Å². The summed E-state index contributed by atoms with van der Waals surface area (Å²) in [6, 6.07) is 4.60. The highest BCUT2D eigenvalue weighted by Gasteiger charge is 2.39. The van der Waals surface area contributed by atoms with Crippen molar-refractivity contribution in [2.75, 3.05) is 0 Å². The normalized spacial score (nSPS) is 11.9. The smallest absolute Gasteiger partial charge is 0.304 e. The van der Waals surface area contributed by atoms with E-state index in [-0.39, 0.29) is 11.4 Å². The standard InChI is InChI=1S/C11H7F5N2/c1-18-9(13)8(11(14,15)16)17-10(18)6-2-4-7(12)5-3-6/h2-5H,1H3. The van der Waals surface area contributed by atoms with Crippen LogP contribution in [-0.4, -0.2) is 9.55 Å². The molecule has 0 N–H and O–H groups in total. The van der Waals surface area contributed by atoms with E-state index < -0.39 is 23.6 Å². The minimum atomic E-state index is -4.86. The number of benzene rings is 1. The lowest BCUT2D eigenvalue weighted by Gasteiger charge is -2.01. The maximum Gasteiger partial charge on any atom is 0.437 e. The van der Waals surface area contributed by atoms with Gasteiger partial charge in [0, 0.05) is 12.6 Å². The highest BCUT2D eigenvalue weighted by Crippen LogP contribution is 2.32. The average molecular weight is 262 g/mol. The monoisotopic (exact) mass is 262 g/mol. The van der Waals surface area contributed by atoms with E-state index in [4.69, 9.17) is 0 Å². The molecule has 7 heteroatoms. The van der Waals surface area contributed by atoms with Crippen molar-refractivity contribution in [3.05, 3.63) is 41.7 Å². The van der Waals surface area contributed by atoms with Crippen molar-refractivity contribution < 1.29 is 22.0 Å². The predicted octanol–water partition coefficient (Wildman–Crippen LogP) is 3.38. The van der Waals surface area contributed by atoms with Gasteiger partial charge in [0.1, 0.15) is 11.6 Å². The number of hydrogen-bond donors (Lipinski definition) is 0. The predicted molar refractivity (Wildman–Crippen MR) is 53.6 cm³/mol. The molecule has 0 aliphatic carbocycles. The lowest BCUT2D eigenvalue weighted by molar-refractivity contribution is -0.143. The highest BCUT2D eigenvalue weighted by molar-refractivity contribution is 5.56. The zero-order valence-corrected chi connectivity index (χ0v) is 9.09. The number of halogens is 5. The molecule has 0 saturated heterocycles. The topological polar surface area (TPSA) is 17.8 Å². The van der Waals surface area contributed by atoms with Gasteiger partial charge in [-0.2, -0.15) is 17.6 Å². The molecule has 0 aliphatic heterocycles. The van der Waals surface area contributed by atoms with E-state index >= 15 is 0 Å². The Balaban J connectivity index is 2.56. The second-order valence-electron chi connectivity index (χ2n) is 3.64. The van der Waals surface area contributed by atoms with Crippen molar-refractivity contribution in [1.29, 1.82) is 0 Å². The number of aromatic nitrogens is 2. The number of rotatable bonds is 1. The molecule has 1 aromatic heterocycles. The second kappa shape index (κ2) is 4.08. The molecule has 2 aromatic rings. The lowest BCUT2D eigenvalue weighted by Crippen LogP contribution is -2.08. The molecule has 2 nitrogen and oxygen atoms in total. The van der Waals surface area contributed by atoms with Gasteiger partial charge in [-0.3, -0.25) is 0 Å². The molecule has 1 aromatic carbocycles. The molecule has 0 fully saturated rings. The van der Waals surface area contributed by atoms with Gasteiger partial charge in [0.15, 0.2) is 5.69 Å². The number of nitrogens with zero attached hydrogens (tertiary/aromatic N) is 2. The minimum absolute atomic E-state index is 0.202. The molecule has 18 heavy (non-hydrogen) atoms. The van der Waals surface area contributed by atoms with Gasteiger partial charge < -0.3 is 4.57 Å². The van der Waals surface area contributed by atoms with Crippen LogP contribution < -0.4 is 0 Å². The van der Waals surface area contributed by atoms with E-state index in [2.05, 4.69) is 4.98 Å². The summed E-state index contributed by atoms with van der Waals surface area (Å²) in [5.41, 5.74) is -1.38. The van der Waals surface area contributed by atoms with Crippen molar-refractivity contribution >= 4 is 0 Å². The summed E-state index contributed by atoms with van der Waals surface area (Å²) in [7, 11) is 1.12. The fourth-order valence-electron chi connectivity index (χ4n) is 1.52.